The Morgan fingerprint density at radius 1 is 1.32 bits per heavy atom. The third-order valence-corrected chi connectivity index (χ3v) is 9.04. The van der Waals surface area contributed by atoms with Crippen LogP contribution in [0.15, 0.2) is 23.3 Å². The lowest BCUT2D eigenvalue weighted by Crippen LogP contribution is -2.67. The van der Waals surface area contributed by atoms with Gasteiger partial charge in [-0.2, -0.15) is 0 Å². The second-order valence-corrected chi connectivity index (χ2v) is 10.5. The van der Waals surface area contributed by atoms with Crippen LogP contribution in [0.25, 0.3) is 0 Å². The van der Waals surface area contributed by atoms with Crippen LogP contribution >= 0.6 is 0 Å². The topological polar surface area (TPSA) is 93.1 Å². The van der Waals surface area contributed by atoms with Crippen LogP contribution in [0.4, 0.5) is 0 Å². The summed E-state index contributed by atoms with van der Waals surface area (Å²) in [5.41, 5.74) is -0.617. The Morgan fingerprint density at radius 3 is 2.58 bits per heavy atom. The number of esters is 2. The van der Waals surface area contributed by atoms with E-state index in [0.717, 1.165) is 24.8 Å². The number of carbonyl (C=O) groups is 2. The number of ether oxygens (including phenoxy) is 2. The highest BCUT2D eigenvalue weighted by atomic mass is 16.5. The van der Waals surface area contributed by atoms with Gasteiger partial charge in [-0.1, -0.05) is 26.8 Å². The molecule has 0 spiro atoms. The highest BCUT2D eigenvalue weighted by molar-refractivity contribution is 5.87. The summed E-state index contributed by atoms with van der Waals surface area (Å²) < 4.78 is 11.1. The van der Waals surface area contributed by atoms with Gasteiger partial charge in [0.1, 0.15) is 12.7 Å². The molecule has 2 N–H and O–H groups in total. The smallest absolute Gasteiger partial charge is 0.333 e. The Hall–Kier alpha value is -1.66. The average Bonchev–Trinajstić information content (AvgIpc) is 3.13. The van der Waals surface area contributed by atoms with Crippen LogP contribution in [0.1, 0.15) is 73.6 Å². The zero-order valence-corrected chi connectivity index (χ0v) is 19.7. The summed E-state index contributed by atoms with van der Waals surface area (Å²) in [5, 5.41) is 22.1. The van der Waals surface area contributed by atoms with Gasteiger partial charge in [0.25, 0.3) is 0 Å². The summed E-state index contributed by atoms with van der Waals surface area (Å²) in [6.45, 7) is 12.0. The quantitative estimate of drug-likeness (QED) is 0.506. The highest BCUT2D eigenvalue weighted by Crippen LogP contribution is 2.64. The van der Waals surface area contributed by atoms with Crippen LogP contribution in [0.2, 0.25) is 0 Å². The molecule has 0 aromatic carbocycles. The molecule has 0 unspecified atom stereocenters. The van der Waals surface area contributed by atoms with Crippen molar-refractivity contribution in [3.05, 3.63) is 23.3 Å². The first kappa shape index (κ1) is 24.0. The van der Waals surface area contributed by atoms with E-state index < -0.39 is 17.1 Å². The fraction of sp³-hybridized carbons (Fsp3) is 0.760. The fourth-order valence-electron chi connectivity index (χ4n) is 6.28. The molecular weight excluding hydrogens is 396 g/mol. The molecule has 7 atom stereocenters. The Morgan fingerprint density at radius 2 is 2.00 bits per heavy atom. The van der Waals surface area contributed by atoms with E-state index in [1.54, 1.807) is 26.0 Å². The zero-order valence-electron chi connectivity index (χ0n) is 19.7. The van der Waals surface area contributed by atoms with Crippen molar-refractivity contribution in [1.82, 2.24) is 0 Å². The van der Waals surface area contributed by atoms with Gasteiger partial charge in [-0.25, -0.2) is 9.59 Å². The van der Waals surface area contributed by atoms with Crippen molar-refractivity contribution in [2.75, 3.05) is 6.61 Å². The molecule has 2 aliphatic carbocycles. The summed E-state index contributed by atoms with van der Waals surface area (Å²) >= 11 is 0. The normalized spacial score (nSPS) is 43.2. The molecule has 0 aromatic rings. The van der Waals surface area contributed by atoms with Gasteiger partial charge < -0.3 is 19.7 Å². The van der Waals surface area contributed by atoms with Gasteiger partial charge in [-0.15, -0.1) is 0 Å². The molecule has 174 valence electrons. The summed E-state index contributed by atoms with van der Waals surface area (Å²) in [7, 11) is 0. The maximum absolute atomic E-state index is 12.6. The molecule has 6 heteroatoms. The molecule has 1 heterocycles. The van der Waals surface area contributed by atoms with Crippen LogP contribution in [-0.4, -0.2) is 46.6 Å². The van der Waals surface area contributed by atoms with Crippen molar-refractivity contribution < 1.29 is 29.3 Å². The van der Waals surface area contributed by atoms with Crippen LogP contribution in [-0.2, 0) is 19.1 Å². The number of hydrogen-bond acceptors (Lipinski definition) is 6. The predicted octanol–water partition coefficient (Wildman–Crippen LogP) is 3.70. The Balaban J connectivity index is 1.96. The Labute approximate surface area is 185 Å². The minimum Gasteiger partial charge on any atom is -0.459 e. The minimum absolute atomic E-state index is 0.0591. The number of aliphatic hydroxyl groups is 2. The summed E-state index contributed by atoms with van der Waals surface area (Å²) in [6, 6.07) is 0. The molecule has 0 amide bonds. The van der Waals surface area contributed by atoms with Crippen LogP contribution in [0.3, 0.4) is 0 Å². The van der Waals surface area contributed by atoms with Gasteiger partial charge in [0.15, 0.2) is 0 Å². The molecule has 0 saturated heterocycles. The predicted molar refractivity (Wildman–Crippen MR) is 117 cm³/mol. The molecule has 0 aromatic heterocycles. The van der Waals surface area contributed by atoms with E-state index in [2.05, 4.69) is 13.8 Å². The zero-order chi connectivity index (χ0) is 23.2. The number of carbonyl (C=O) groups excluding carboxylic acids is 2. The number of rotatable bonds is 5. The maximum Gasteiger partial charge on any atom is 0.333 e. The molecule has 31 heavy (non-hydrogen) atoms. The lowest BCUT2D eigenvalue weighted by atomic mass is 9.42. The van der Waals surface area contributed by atoms with Crippen LogP contribution < -0.4 is 0 Å². The molecule has 0 bridgehead atoms. The first-order valence-electron chi connectivity index (χ1n) is 11.5. The number of cyclic esters (lactones) is 1. The van der Waals surface area contributed by atoms with Crippen molar-refractivity contribution in [1.29, 1.82) is 0 Å². The Kier molecular flexibility index (Phi) is 6.47. The van der Waals surface area contributed by atoms with Gasteiger partial charge in [-0.05, 0) is 75.7 Å². The van der Waals surface area contributed by atoms with Crippen molar-refractivity contribution in [2.45, 2.75) is 91.5 Å². The molecule has 3 aliphatic rings. The average molecular weight is 435 g/mol. The van der Waals surface area contributed by atoms with Crippen molar-refractivity contribution in [3.63, 3.8) is 0 Å². The van der Waals surface area contributed by atoms with Crippen molar-refractivity contribution in [2.24, 2.45) is 22.7 Å². The minimum atomic E-state index is -1.29. The van der Waals surface area contributed by atoms with Crippen LogP contribution in [0, 0.1) is 22.7 Å². The highest BCUT2D eigenvalue weighted by Gasteiger charge is 2.65. The second kappa shape index (κ2) is 8.36. The third kappa shape index (κ3) is 3.97. The molecule has 2 saturated carbocycles. The number of aliphatic hydroxyl groups excluding tert-OH is 1. The molecule has 3 rings (SSSR count). The molecule has 6 nitrogen and oxygen atoms in total. The van der Waals surface area contributed by atoms with Gasteiger partial charge in [0.05, 0.1) is 11.7 Å². The molecule has 2 fully saturated rings. The van der Waals surface area contributed by atoms with E-state index in [4.69, 9.17) is 9.47 Å². The number of hydrogen-bond donors (Lipinski definition) is 2. The lowest BCUT2D eigenvalue weighted by molar-refractivity contribution is -0.256. The largest absolute Gasteiger partial charge is 0.459 e. The van der Waals surface area contributed by atoms with E-state index in [0.29, 0.717) is 25.0 Å². The van der Waals surface area contributed by atoms with E-state index in [9.17, 15) is 19.8 Å². The van der Waals surface area contributed by atoms with Gasteiger partial charge in [0.2, 0.25) is 0 Å². The standard InChI is InChI=1S/C25H38O6/c1-7-15(2)22(28)31-18-13-24(5)19(8-9-20(26)25(24,6)29)23(4,16(18)3)11-10-17-12-21(27)30-14-17/h7,12,16,18-20,26,29H,8-11,13-14H2,1-6H3/b15-7-/t16-,18+,19+,20-,23-,24-,25+/m1/s1. The summed E-state index contributed by atoms with van der Waals surface area (Å²) in [6.07, 6.45) is 5.49. The van der Waals surface area contributed by atoms with Gasteiger partial charge >= 0.3 is 11.9 Å². The molecular formula is C25H38O6. The van der Waals surface area contributed by atoms with E-state index in [-0.39, 0.29) is 35.3 Å². The monoisotopic (exact) mass is 434 g/mol. The first-order valence-corrected chi connectivity index (χ1v) is 11.5. The third-order valence-electron chi connectivity index (χ3n) is 9.04. The Bertz CT molecular complexity index is 796. The SMILES string of the molecule is C/C=C(/C)C(=O)O[C@H]1C[C@]2(C)[C@@H](CC[C@@H](O)[C@]2(C)O)[C@](C)(CCC2=CC(=O)OC2)[C@@H]1C. The number of fused-ring (bicyclic) bond motifs is 1. The molecule has 0 radical (unpaired) electrons. The van der Waals surface area contributed by atoms with E-state index in [1.165, 1.54) is 0 Å². The second-order valence-electron chi connectivity index (χ2n) is 10.5. The van der Waals surface area contributed by atoms with E-state index >= 15 is 0 Å². The van der Waals surface area contributed by atoms with Crippen molar-refractivity contribution >= 4 is 11.9 Å². The lowest BCUT2D eigenvalue weighted by Gasteiger charge is -2.65. The first-order chi connectivity index (χ1) is 14.4. The summed E-state index contributed by atoms with van der Waals surface area (Å²) in [4.78, 5) is 24.1. The van der Waals surface area contributed by atoms with Gasteiger partial charge in [0, 0.05) is 17.1 Å². The van der Waals surface area contributed by atoms with E-state index in [1.807, 2.05) is 13.8 Å². The van der Waals surface area contributed by atoms with Crippen molar-refractivity contribution in [3.8, 4) is 0 Å². The number of allylic oxidation sites excluding steroid dienone is 1. The summed E-state index contributed by atoms with van der Waals surface area (Å²) in [5.74, 6) is -0.426. The van der Waals surface area contributed by atoms with Gasteiger partial charge in [-0.3, -0.25) is 0 Å². The molecule has 1 aliphatic heterocycles. The maximum atomic E-state index is 12.6. The fourth-order valence-corrected chi connectivity index (χ4v) is 6.28. The van der Waals surface area contributed by atoms with Crippen LogP contribution in [0.5, 0.6) is 0 Å².